The van der Waals surface area contributed by atoms with Gasteiger partial charge in [-0.05, 0) is 30.5 Å². The summed E-state index contributed by atoms with van der Waals surface area (Å²) in [6.45, 7) is 2.56. The molecule has 1 aromatic rings. The van der Waals surface area contributed by atoms with Gasteiger partial charge in [0.15, 0.2) is 0 Å². The second-order valence-electron chi connectivity index (χ2n) is 4.51. The molecule has 0 unspecified atom stereocenters. The summed E-state index contributed by atoms with van der Waals surface area (Å²) in [6.07, 6.45) is 3.86. The SMILES string of the molecule is CCCCCOC(=O)CCc1ccc(S(=O)(=O)Cl)cc1. The van der Waals surface area contributed by atoms with E-state index in [1.54, 1.807) is 12.1 Å². The van der Waals surface area contributed by atoms with Crippen molar-refractivity contribution in [1.29, 1.82) is 0 Å². The van der Waals surface area contributed by atoms with Crippen LogP contribution >= 0.6 is 10.7 Å². The zero-order valence-corrected chi connectivity index (χ0v) is 13.0. The standard InChI is InChI=1S/C14H19ClO4S/c1-2-3-4-11-19-14(16)10-7-12-5-8-13(9-6-12)20(15,17)18/h5-6,8-9H,2-4,7,10-11H2,1H3. The first kappa shape index (κ1) is 17.0. The van der Waals surface area contributed by atoms with Crippen molar-refractivity contribution in [2.45, 2.75) is 43.9 Å². The highest BCUT2D eigenvalue weighted by molar-refractivity contribution is 8.13. The molecule has 20 heavy (non-hydrogen) atoms. The third-order valence-electron chi connectivity index (χ3n) is 2.83. The average Bonchev–Trinajstić information content (AvgIpc) is 2.41. The molecule has 1 aromatic carbocycles. The molecule has 0 saturated carbocycles. The summed E-state index contributed by atoms with van der Waals surface area (Å²) in [7, 11) is 1.53. The fourth-order valence-corrected chi connectivity index (χ4v) is 2.45. The normalized spacial score (nSPS) is 11.3. The van der Waals surface area contributed by atoms with E-state index in [1.165, 1.54) is 12.1 Å². The zero-order valence-electron chi connectivity index (χ0n) is 11.5. The molecule has 0 spiro atoms. The number of carbonyl (C=O) groups is 1. The molecule has 0 saturated heterocycles. The molecule has 0 atom stereocenters. The predicted octanol–water partition coefficient (Wildman–Crippen LogP) is 3.28. The second kappa shape index (κ2) is 8.27. The Bertz CT molecular complexity index is 523. The van der Waals surface area contributed by atoms with E-state index >= 15 is 0 Å². The number of rotatable bonds is 8. The summed E-state index contributed by atoms with van der Waals surface area (Å²) in [5, 5.41) is 0. The molecular weight excluding hydrogens is 300 g/mol. The summed E-state index contributed by atoms with van der Waals surface area (Å²) in [4.78, 5) is 11.5. The van der Waals surface area contributed by atoms with Crippen LogP contribution in [0.1, 0.15) is 38.2 Å². The number of aryl methyl sites for hydroxylation is 1. The predicted molar refractivity (Wildman–Crippen MR) is 78.3 cm³/mol. The molecule has 6 heteroatoms. The van der Waals surface area contributed by atoms with Crippen LogP contribution in [0.25, 0.3) is 0 Å². The number of carbonyl (C=O) groups excluding carboxylic acids is 1. The number of unbranched alkanes of at least 4 members (excludes halogenated alkanes) is 2. The van der Waals surface area contributed by atoms with E-state index in [9.17, 15) is 13.2 Å². The van der Waals surface area contributed by atoms with Crippen LogP contribution in [0.2, 0.25) is 0 Å². The summed E-state index contributed by atoms with van der Waals surface area (Å²) in [6, 6.07) is 6.17. The third kappa shape index (κ3) is 6.39. The van der Waals surface area contributed by atoms with Gasteiger partial charge < -0.3 is 4.74 Å². The van der Waals surface area contributed by atoms with Gasteiger partial charge >= 0.3 is 5.97 Å². The van der Waals surface area contributed by atoms with Crippen molar-refractivity contribution in [3.05, 3.63) is 29.8 Å². The lowest BCUT2D eigenvalue weighted by Gasteiger charge is -2.05. The summed E-state index contributed by atoms with van der Waals surface area (Å²) >= 11 is 0. The Labute approximate surface area is 124 Å². The van der Waals surface area contributed by atoms with Crippen molar-refractivity contribution in [2.75, 3.05) is 6.61 Å². The van der Waals surface area contributed by atoms with Crippen molar-refractivity contribution in [3.8, 4) is 0 Å². The van der Waals surface area contributed by atoms with Crippen LogP contribution in [0, 0.1) is 0 Å². The Hall–Kier alpha value is -1.07. The lowest BCUT2D eigenvalue weighted by atomic mass is 10.1. The van der Waals surface area contributed by atoms with E-state index in [4.69, 9.17) is 15.4 Å². The van der Waals surface area contributed by atoms with Gasteiger partial charge in [0, 0.05) is 17.1 Å². The van der Waals surface area contributed by atoms with Gasteiger partial charge in [-0.25, -0.2) is 8.42 Å². The first-order chi connectivity index (χ1) is 9.43. The van der Waals surface area contributed by atoms with Crippen LogP contribution in [-0.4, -0.2) is 21.0 Å². The molecule has 0 aromatic heterocycles. The molecule has 0 amide bonds. The number of halogens is 1. The van der Waals surface area contributed by atoms with Gasteiger partial charge in [0.25, 0.3) is 9.05 Å². The lowest BCUT2D eigenvalue weighted by Crippen LogP contribution is -2.07. The minimum Gasteiger partial charge on any atom is -0.466 e. The highest BCUT2D eigenvalue weighted by Gasteiger charge is 2.09. The lowest BCUT2D eigenvalue weighted by molar-refractivity contribution is -0.143. The second-order valence-corrected chi connectivity index (χ2v) is 7.08. The van der Waals surface area contributed by atoms with Crippen molar-refractivity contribution in [1.82, 2.24) is 0 Å². The highest BCUT2D eigenvalue weighted by atomic mass is 35.7. The maximum absolute atomic E-state index is 11.5. The Kier molecular flexibility index (Phi) is 7.02. The van der Waals surface area contributed by atoms with Crippen molar-refractivity contribution >= 4 is 25.7 Å². The minimum absolute atomic E-state index is 0.0602. The fraction of sp³-hybridized carbons (Fsp3) is 0.500. The minimum atomic E-state index is -3.69. The maximum atomic E-state index is 11.5. The Morgan fingerprint density at radius 2 is 1.85 bits per heavy atom. The van der Waals surface area contributed by atoms with Crippen molar-refractivity contribution in [2.24, 2.45) is 0 Å². The van der Waals surface area contributed by atoms with Crippen LogP contribution in [0.15, 0.2) is 29.2 Å². The molecule has 0 heterocycles. The van der Waals surface area contributed by atoms with Crippen molar-refractivity contribution < 1.29 is 17.9 Å². The number of benzene rings is 1. The van der Waals surface area contributed by atoms with Crippen LogP contribution in [0.4, 0.5) is 0 Å². The van der Waals surface area contributed by atoms with Gasteiger partial charge in [0.05, 0.1) is 11.5 Å². The molecule has 0 radical (unpaired) electrons. The van der Waals surface area contributed by atoms with E-state index < -0.39 is 9.05 Å². The topological polar surface area (TPSA) is 60.4 Å². The number of esters is 1. The van der Waals surface area contributed by atoms with E-state index in [1.807, 2.05) is 0 Å². The monoisotopic (exact) mass is 318 g/mol. The molecule has 0 fully saturated rings. The summed E-state index contributed by atoms with van der Waals surface area (Å²) in [5.41, 5.74) is 0.875. The Balaban J connectivity index is 2.37. The van der Waals surface area contributed by atoms with Crippen LogP contribution < -0.4 is 0 Å². The van der Waals surface area contributed by atoms with Crippen molar-refractivity contribution in [3.63, 3.8) is 0 Å². The largest absolute Gasteiger partial charge is 0.466 e. The van der Waals surface area contributed by atoms with Crippen LogP contribution in [0.5, 0.6) is 0 Å². The Morgan fingerprint density at radius 1 is 1.20 bits per heavy atom. The molecule has 1 rings (SSSR count). The molecule has 112 valence electrons. The number of hydrogen-bond acceptors (Lipinski definition) is 4. The van der Waals surface area contributed by atoms with Gasteiger partial charge in [-0.15, -0.1) is 0 Å². The van der Waals surface area contributed by atoms with Gasteiger partial charge in [0.2, 0.25) is 0 Å². The van der Waals surface area contributed by atoms with E-state index in [2.05, 4.69) is 6.92 Å². The zero-order chi connectivity index (χ0) is 15.0. The first-order valence-electron chi connectivity index (χ1n) is 6.62. The van der Waals surface area contributed by atoms with Gasteiger partial charge in [-0.3, -0.25) is 4.79 Å². The Morgan fingerprint density at radius 3 is 2.40 bits per heavy atom. The van der Waals surface area contributed by atoms with Gasteiger partial charge in [-0.2, -0.15) is 0 Å². The first-order valence-corrected chi connectivity index (χ1v) is 8.93. The molecule has 0 aliphatic rings. The third-order valence-corrected chi connectivity index (χ3v) is 4.20. The molecule has 0 bridgehead atoms. The number of hydrogen-bond donors (Lipinski definition) is 0. The molecular formula is C14H19ClO4S. The van der Waals surface area contributed by atoms with Crippen LogP contribution in [0.3, 0.4) is 0 Å². The fourth-order valence-electron chi connectivity index (χ4n) is 1.68. The smallest absolute Gasteiger partial charge is 0.306 e. The summed E-state index contributed by atoms with van der Waals surface area (Å²) in [5.74, 6) is -0.227. The molecule has 0 aliphatic heterocycles. The van der Waals surface area contributed by atoms with E-state index in [0.29, 0.717) is 19.4 Å². The summed E-state index contributed by atoms with van der Waals surface area (Å²) < 4.78 is 27.2. The highest BCUT2D eigenvalue weighted by Crippen LogP contribution is 2.16. The van der Waals surface area contributed by atoms with Crippen LogP contribution in [-0.2, 0) is 25.0 Å². The average molecular weight is 319 g/mol. The van der Waals surface area contributed by atoms with Gasteiger partial charge in [0.1, 0.15) is 0 Å². The van der Waals surface area contributed by atoms with Gasteiger partial charge in [-0.1, -0.05) is 31.9 Å². The van der Waals surface area contributed by atoms with E-state index in [-0.39, 0.29) is 10.9 Å². The quantitative estimate of drug-likeness (QED) is 0.419. The molecule has 0 aliphatic carbocycles. The molecule has 4 nitrogen and oxygen atoms in total. The molecule has 0 N–H and O–H groups in total. The number of ether oxygens (including phenoxy) is 1. The maximum Gasteiger partial charge on any atom is 0.306 e. The van der Waals surface area contributed by atoms with E-state index in [0.717, 1.165) is 24.8 Å².